The van der Waals surface area contributed by atoms with Crippen LogP contribution in [0.1, 0.15) is 17.2 Å². The van der Waals surface area contributed by atoms with Crippen LogP contribution >= 0.6 is 0 Å². The van der Waals surface area contributed by atoms with E-state index in [1.165, 1.54) is 7.11 Å². The number of methoxy groups -OCH3 is 1. The molecule has 0 radical (unpaired) electrons. The van der Waals surface area contributed by atoms with E-state index in [9.17, 15) is 10.2 Å². The van der Waals surface area contributed by atoms with E-state index in [4.69, 9.17) is 9.84 Å². The summed E-state index contributed by atoms with van der Waals surface area (Å²) in [5.41, 5.74) is 1.39. The molecule has 0 aromatic heterocycles. The molecule has 4 N–H and O–H groups in total. The van der Waals surface area contributed by atoms with Gasteiger partial charge in [0.25, 0.3) is 0 Å². The maximum absolute atomic E-state index is 10.0. The summed E-state index contributed by atoms with van der Waals surface area (Å²) in [5, 5.41) is 31.0. The van der Waals surface area contributed by atoms with Crippen molar-refractivity contribution in [2.45, 2.75) is 13.0 Å². The number of hydrogen-bond acceptors (Lipinski definition) is 5. The second-order valence-corrected chi connectivity index (χ2v) is 3.77. The Morgan fingerprint density at radius 1 is 1.35 bits per heavy atom. The second-order valence-electron chi connectivity index (χ2n) is 3.77. The van der Waals surface area contributed by atoms with Crippen molar-refractivity contribution in [2.24, 2.45) is 0 Å². The molecule has 1 aromatic rings. The number of aromatic hydroxyl groups is 1. The molecular formula is C12H19NO4. The average molecular weight is 241 g/mol. The number of rotatable bonds is 6. The zero-order valence-corrected chi connectivity index (χ0v) is 10.1. The van der Waals surface area contributed by atoms with Crippen LogP contribution in [0.25, 0.3) is 0 Å². The first-order valence-electron chi connectivity index (χ1n) is 5.47. The van der Waals surface area contributed by atoms with Crippen LogP contribution in [-0.4, -0.2) is 42.2 Å². The third kappa shape index (κ3) is 3.09. The largest absolute Gasteiger partial charge is 0.504 e. The molecule has 0 fully saturated rings. The van der Waals surface area contributed by atoms with E-state index in [0.717, 1.165) is 5.56 Å². The van der Waals surface area contributed by atoms with Gasteiger partial charge in [0.15, 0.2) is 11.5 Å². The van der Waals surface area contributed by atoms with Crippen molar-refractivity contribution in [3.8, 4) is 11.5 Å². The highest BCUT2D eigenvalue weighted by Crippen LogP contribution is 2.36. The summed E-state index contributed by atoms with van der Waals surface area (Å²) in [4.78, 5) is 0. The molecule has 0 heterocycles. The molecule has 5 nitrogen and oxygen atoms in total. The van der Waals surface area contributed by atoms with Crippen LogP contribution in [0.2, 0.25) is 0 Å². The molecule has 0 bridgehead atoms. The molecule has 0 aliphatic heterocycles. The van der Waals surface area contributed by atoms with Gasteiger partial charge in [0.2, 0.25) is 0 Å². The van der Waals surface area contributed by atoms with E-state index in [-0.39, 0.29) is 19.0 Å². The summed E-state index contributed by atoms with van der Waals surface area (Å²) in [6.45, 7) is 1.98. The Morgan fingerprint density at radius 2 is 2.06 bits per heavy atom. The van der Waals surface area contributed by atoms with E-state index < -0.39 is 6.04 Å². The summed E-state index contributed by atoms with van der Waals surface area (Å²) >= 11 is 0. The molecule has 1 atom stereocenters. The monoisotopic (exact) mass is 241 g/mol. The van der Waals surface area contributed by atoms with Gasteiger partial charge < -0.3 is 25.4 Å². The maximum atomic E-state index is 10.0. The van der Waals surface area contributed by atoms with E-state index in [1.54, 1.807) is 6.07 Å². The first-order chi connectivity index (χ1) is 8.15. The Morgan fingerprint density at radius 3 is 2.59 bits per heavy atom. The molecular weight excluding hydrogens is 222 g/mol. The zero-order valence-electron chi connectivity index (χ0n) is 10.1. The maximum Gasteiger partial charge on any atom is 0.163 e. The third-order valence-corrected chi connectivity index (χ3v) is 2.62. The lowest BCUT2D eigenvalue weighted by molar-refractivity contribution is 0.224. The highest BCUT2D eigenvalue weighted by molar-refractivity contribution is 5.51. The first kappa shape index (κ1) is 13.8. The number of phenols is 1. The van der Waals surface area contributed by atoms with Crippen LogP contribution in [0.4, 0.5) is 0 Å². The Labute approximate surface area is 101 Å². The van der Waals surface area contributed by atoms with Gasteiger partial charge in [-0.25, -0.2) is 0 Å². The van der Waals surface area contributed by atoms with Crippen molar-refractivity contribution in [3.63, 3.8) is 0 Å². The van der Waals surface area contributed by atoms with Gasteiger partial charge in [0.05, 0.1) is 26.4 Å². The SMILES string of the molecule is COc1c(C)ccc(C(CO)NCCO)c1O. The minimum absolute atomic E-state index is 0.0250. The second kappa shape index (κ2) is 6.44. The summed E-state index contributed by atoms with van der Waals surface area (Å²) in [7, 11) is 1.49. The Kier molecular flexibility index (Phi) is 5.21. The van der Waals surface area contributed by atoms with Crippen LogP contribution in [0.15, 0.2) is 12.1 Å². The summed E-state index contributed by atoms with van der Waals surface area (Å²) in [6, 6.07) is 3.13. The predicted octanol–water partition coefficient (Wildman–Crippen LogP) is 0.325. The van der Waals surface area contributed by atoms with Gasteiger partial charge in [-0.05, 0) is 12.5 Å². The molecule has 0 spiro atoms. The summed E-state index contributed by atoms with van der Waals surface area (Å²) < 4.78 is 5.11. The highest BCUT2D eigenvalue weighted by Gasteiger charge is 2.18. The number of benzene rings is 1. The standard InChI is InChI=1S/C12H19NO4/c1-8-3-4-9(11(16)12(8)17-2)10(7-15)13-5-6-14/h3-4,10,13-16H,5-7H2,1-2H3. The minimum Gasteiger partial charge on any atom is -0.504 e. The molecule has 0 aliphatic carbocycles. The van der Waals surface area contributed by atoms with Gasteiger partial charge in [-0.2, -0.15) is 0 Å². The fourth-order valence-corrected chi connectivity index (χ4v) is 1.74. The van der Waals surface area contributed by atoms with Gasteiger partial charge in [-0.15, -0.1) is 0 Å². The first-order valence-corrected chi connectivity index (χ1v) is 5.47. The van der Waals surface area contributed by atoms with E-state index in [1.807, 2.05) is 13.0 Å². The lowest BCUT2D eigenvalue weighted by atomic mass is 10.0. The van der Waals surface area contributed by atoms with E-state index in [2.05, 4.69) is 5.32 Å². The number of aliphatic hydroxyl groups excluding tert-OH is 2. The van der Waals surface area contributed by atoms with Crippen molar-refractivity contribution >= 4 is 0 Å². The molecule has 5 heteroatoms. The fourth-order valence-electron chi connectivity index (χ4n) is 1.74. The van der Waals surface area contributed by atoms with Crippen molar-refractivity contribution in [1.29, 1.82) is 0 Å². The predicted molar refractivity (Wildman–Crippen MR) is 64.3 cm³/mol. The molecule has 96 valence electrons. The highest BCUT2D eigenvalue weighted by atomic mass is 16.5. The molecule has 1 rings (SSSR count). The number of ether oxygens (including phenoxy) is 1. The molecule has 0 saturated heterocycles. The zero-order chi connectivity index (χ0) is 12.8. The van der Waals surface area contributed by atoms with Crippen molar-refractivity contribution in [3.05, 3.63) is 23.3 Å². The molecule has 0 aliphatic rings. The van der Waals surface area contributed by atoms with Crippen LogP contribution in [-0.2, 0) is 0 Å². The number of aryl methyl sites for hydroxylation is 1. The van der Waals surface area contributed by atoms with E-state index in [0.29, 0.717) is 17.9 Å². The number of aliphatic hydroxyl groups is 2. The van der Waals surface area contributed by atoms with Gasteiger partial charge >= 0.3 is 0 Å². The van der Waals surface area contributed by atoms with Crippen molar-refractivity contribution in [2.75, 3.05) is 26.9 Å². The average Bonchev–Trinajstić information content (AvgIpc) is 2.33. The minimum atomic E-state index is -0.420. The lowest BCUT2D eigenvalue weighted by Gasteiger charge is -2.19. The number of hydrogen-bond donors (Lipinski definition) is 4. The number of phenolic OH excluding ortho intramolecular Hbond substituents is 1. The molecule has 1 unspecified atom stereocenters. The third-order valence-electron chi connectivity index (χ3n) is 2.62. The van der Waals surface area contributed by atoms with Gasteiger partial charge in [0, 0.05) is 12.1 Å². The molecule has 0 amide bonds. The quantitative estimate of drug-likeness (QED) is 0.577. The molecule has 1 aromatic carbocycles. The smallest absolute Gasteiger partial charge is 0.163 e. The topological polar surface area (TPSA) is 82.0 Å². The van der Waals surface area contributed by atoms with Crippen LogP contribution in [0.5, 0.6) is 11.5 Å². The van der Waals surface area contributed by atoms with Crippen LogP contribution in [0.3, 0.4) is 0 Å². The lowest BCUT2D eigenvalue weighted by Crippen LogP contribution is -2.27. The van der Waals surface area contributed by atoms with Crippen LogP contribution < -0.4 is 10.1 Å². The summed E-state index contributed by atoms with van der Waals surface area (Å²) in [6.07, 6.45) is 0. The van der Waals surface area contributed by atoms with Crippen molar-refractivity contribution < 1.29 is 20.1 Å². The van der Waals surface area contributed by atoms with Gasteiger partial charge in [-0.1, -0.05) is 12.1 Å². The normalized spacial score (nSPS) is 12.5. The Bertz CT molecular complexity index is 368. The number of nitrogens with one attached hydrogen (secondary N) is 1. The van der Waals surface area contributed by atoms with Crippen LogP contribution in [0, 0.1) is 6.92 Å². The van der Waals surface area contributed by atoms with Gasteiger partial charge in [0.1, 0.15) is 0 Å². The molecule has 17 heavy (non-hydrogen) atoms. The Balaban J connectivity index is 3.03. The molecule has 0 saturated carbocycles. The Hall–Kier alpha value is -1.30. The summed E-state index contributed by atoms with van der Waals surface area (Å²) in [5.74, 6) is 0.434. The van der Waals surface area contributed by atoms with Gasteiger partial charge in [-0.3, -0.25) is 0 Å². The van der Waals surface area contributed by atoms with E-state index >= 15 is 0 Å². The van der Waals surface area contributed by atoms with Crippen molar-refractivity contribution in [1.82, 2.24) is 5.32 Å². The fraction of sp³-hybridized carbons (Fsp3) is 0.500.